The summed E-state index contributed by atoms with van der Waals surface area (Å²) in [6, 6.07) is 14.7. The van der Waals surface area contributed by atoms with E-state index in [9.17, 15) is 0 Å². The summed E-state index contributed by atoms with van der Waals surface area (Å²) in [5.41, 5.74) is 1.79. The topological polar surface area (TPSA) is 87.5 Å². The van der Waals surface area contributed by atoms with Crippen molar-refractivity contribution in [2.75, 3.05) is 0 Å². The van der Waals surface area contributed by atoms with Crippen LogP contribution >= 0.6 is 11.3 Å². The van der Waals surface area contributed by atoms with Gasteiger partial charge in [0, 0.05) is 7.05 Å². The Labute approximate surface area is 181 Å². The molecule has 4 aromatic rings. The maximum absolute atomic E-state index is 8.90. The van der Waals surface area contributed by atoms with Gasteiger partial charge in [-0.1, -0.05) is 0 Å². The fraction of sp³-hybridized carbons (Fsp3) is 0.0435. The Hall–Kier alpha value is -4.76. The van der Waals surface area contributed by atoms with E-state index in [4.69, 9.17) is 32.5 Å². The number of aromatic nitrogens is 1. The summed E-state index contributed by atoms with van der Waals surface area (Å²) in [6.07, 6.45) is 2.82. The van der Waals surface area contributed by atoms with E-state index in [1.165, 1.54) is 12.2 Å². The summed E-state index contributed by atoms with van der Waals surface area (Å²) in [5.74, 6) is 2.19. The normalized spacial score (nSPS) is 11.6. The fourth-order valence-corrected chi connectivity index (χ4v) is 4.14. The average Bonchev–Trinajstić information content (AvgIpc) is 3.55. The minimum atomic E-state index is -0.0376. The zero-order valence-electron chi connectivity index (χ0n) is 16.1. The van der Waals surface area contributed by atoms with Crippen LogP contribution in [0.15, 0.2) is 56.6 Å². The molecule has 31 heavy (non-hydrogen) atoms. The van der Waals surface area contributed by atoms with E-state index >= 15 is 0 Å². The lowest BCUT2D eigenvalue weighted by Gasteiger charge is -2.00. The zero-order valence-corrected chi connectivity index (χ0v) is 16.9. The van der Waals surface area contributed by atoms with Crippen molar-refractivity contribution >= 4 is 33.7 Å². The van der Waals surface area contributed by atoms with Gasteiger partial charge in [-0.2, -0.15) is 0 Å². The molecule has 0 atom stereocenters. The molecule has 7 nitrogen and oxygen atoms in total. The highest BCUT2D eigenvalue weighted by molar-refractivity contribution is 7.22. The van der Waals surface area contributed by atoms with Gasteiger partial charge in [0.2, 0.25) is 0 Å². The van der Waals surface area contributed by atoms with Crippen LogP contribution in [0.1, 0.15) is 11.5 Å². The lowest BCUT2D eigenvalue weighted by atomic mass is 10.3. The standard InChI is InChI=1S/C23H11N5O2S/c1-26-14(12-24)8-16-4-6-20(29-16)18-10-22-19(28(18)3)11-23(31-22)21-7-5-17(30-21)9-15(13-25)27-2/h4-11H,3H3/b14-8-,15-9+. The van der Waals surface area contributed by atoms with Gasteiger partial charge in [0.05, 0.1) is 46.1 Å². The zero-order chi connectivity index (χ0) is 22.0. The van der Waals surface area contributed by atoms with Gasteiger partial charge in [-0.15, -0.1) is 11.3 Å². The van der Waals surface area contributed by atoms with Gasteiger partial charge >= 0.3 is 0 Å². The van der Waals surface area contributed by atoms with Crippen LogP contribution in [0.2, 0.25) is 0 Å². The maximum atomic E-state index is 8.90. The van der Waals surface area contributed by atoms with Gasteiger partial charge in [-0.3, -0.25) is 0 Å². The van der Waals surface area contributed by atoms with E-state index in [2.05, 4.69) is 9.69 Å². The Morgan fingerprint density at radius 1 is 0.968 bits per heavy atom. The van der Waals surface area contributed by atoms with Gasteiger partial charge in [0.25, 0.3) is 11.4 Å². The van der Waals surface area contributed by atoms with Crippen molar-refractivity contribution in [3.8, 4) is 34.2 Å². The lowest BCUT2D eigenvalue weighted by molar-refractivity contribution is 0.567. The molecule has 0 bridgehead atoms. The third-order valence-corrected chi connectivity index (χ3v) is 5.59. The molecular formula is C23H11N5O2S. The van der Waals surface area contributed by atoms with Gasteiger partial charge < -0.3 is 13.4 Å². The van der Waals surface area contributed by atoms with Gasteiger partial charge in [-0.05, 0) is 48.6 Å². The highest BCUT2D eigenvalue weighted by atomic mass is 32.1. The first-order valence-corrected chi connectivity index (χ1v) is 9.66. The van der Waals surface area contributed by atoms with E-state index in [-0.39, 0.29) is 11.4 Å². The molecule has 4 aromatic heterocycles. The largest absolute Gasteiger partial charge is 0.457 e. The number of hydrogen-bond donors (Lipinski definition) is 0. The number of furan rings is 2. The van der Waals surface area contributed by atoms with E-state index in [1.54, 1.807) is 29.5 Å². The average molecular weight is 421 g/mol. The number of thiophene rings is 1. The number of aryl methyl sites for hydroxylation is 1. The molecule has 0 aliphatic heterocycles. The summed E-state index contributed by atoms with van der Waals surface area (Å²) in [7, 11) is 1.93. The van der Waals surface area contributed by atoms with E-state index in [1.807, 2.05) is 42.0 Å². The second-order valence-electron chi connectivity index (χ2n) is 6.36. The summed E-state index contributed by atoms with van der Waals surface area (Å²) in [4.78, 5) is 7.19. The molecule has 0 N–H and O–H groups in total. The van der Waals surface area contributed by atoms with Crippen LogP contribution in [-0.2, 0) is 7.05 Å². The van der Waals surface area contributed by atoms with Crippen molar-refractivity contribution in [2.24, 2.45) is 7.05 Å². The Kier molecular flexibility index (Phi) is 5.00. The first kappa shape index (κ1) is 19.6. The van der Waals surface area contributed by atoms with Crippen LogP contribution in [0.5, 0.6) is 0 Å². The molecule has 0 aromatic carbocycles. The molecule has 0 saturated heterocycles. The number of rotatable bonds is 4. The summed E-state index contributed by atoms with van der Waals surface area (Å²) >= 11 is 1.55. The van der Waals surface area contributed by atoms with Crippen LogP contribution in [0, 0.1) is 35.8 Å². The Morgan fingerprint density at radius 3 is 2.10 bits per heavy atom. The number of allylic oxidation sites excluding steroid dienone is 2. The predicted octanol–water partition coefficient (Wildman–Crippen LogP) is 6.33. The van der Waals surface area contributed by atoms with E-state index < -0.39 is 0 Å². The van der Waals surface area contributed by atoms with Gasteiger partial charge in [0.15, 0.2) is 5.76 Å². The highest BCUT2D eigenvalue weighted by Gasteiger charge is 2.16. The van der Waals surface area contributed by atoms with Crippen molar-refractivity contribution in [2.45, 2.75) is 0 Å². The summed E-state index contributed by atoms with van der Waals surface area (Å²) in [6.45, 7) is 13.9. The van der Waals surface area contributed by atoms with Crippen LogP contribution < -0.4 is 0 Å². The van der Waals surface area contributed by atoms with E-state index in [0.717, 1.165) is 20.8 Å². The summed E-state index contributed by atoms with van der Waals surface area (Å²) < 4.78 is 14.6. The van der Waals surface area contributed by atoms with Crippen molar-refractivity contribution < 1.29 is 8.83 Å². The Morgan fingerprint density at radius 2 is 1.55 bits per heavy atom. The van der Waals surface area contributed by atoms with Gasteiger partial charge in [0.1, 0.15) is 17.3 Å². The van der Waals surface area contributed by atoms with Crippen molar-refractivity contribution in [1.29, 1.82) is 10.5 Å². The molecule has 0 unspecified atom stereocenters. The number of hydrogen-bond acceptors (Lipinski definition) is 5. The third kappa shape index (κ3) is 3.63. The molecule has 4 heterocycles. The van der Waals surface area contributed by atoms with Crippen molar-refractivity contribution in [3.63, 3.8) is 0 Å². The molecule has 0 saturated carbocycles. The van der Waals surface area contributed by atoms with Crippen LogP contribution in [0.3, 0.4) is 0 Å². The predicted molar refractivity (Wildman–Crippen MR) is 117 cm³/mol. The Balaban J connectivity index is 1.66. The molecule has 0 aliphatic carbocycles. The molecule has 146 valence electrons. The van der Waals surface area contributed by atoms with Crippen LogP contribution in [-0.4, -0.2) is 4.57 Å². The number of nitriles is 2. The first-order chi connectivity index (χ1) is 15.1. The third-order valence-electron chi connectivity index (χ3n) is 4.51. The second-order valence-corrected chi connectivity index (χ2v) is 7.44. The van der Waals surface area contributed by atoms with Crippen molar-refractivity contribution in [3.05, 3.63) is 82.1 Å². The van der Waals surface area contributed by atoms with Gasteiger partial charge in [-0.25, -0.2) is 20.2 Å². The molecule has 0 spiro atoms. The first-order valence-electron chi connectivity index (χ1n) is 8.84. The maximum Gasteiger partial charge on any atom is 0.265 e. The van der Waals surface area contributed by atoms with E-state index in [0.29, 0.717) is 23.0 Å². The summed E-state index contributed by atoms with van der Waals surface area (Å²) in [5, 5.41) is 17.8. The molecule has 0 fully saturated rings. The van der Waals surface area contributed by atoms with Crippen LogP contribution in [0.25, 0.3) is 54.2 Å². The molecule has 0 amide bonds. The Bertz CT molecular complexity index is 1510. The molecule has 4 rings (SSSR count). The highest BCUT2D eigenvalue weighted by Crippen LogP contribution is 2.39. The molecular weight excluding hydrogens is 410 g/mol. The minimum Gasteiger partial charge on any atom is -0.457 e. The molecule has 0 aliphatic rings. The minimum absolute atomic E-state index is 0.0344. The van der Waals surface area contributed by atoms with Crippen molar-refractivity contribution in [1.82, 2.24) is 4.57 Å². The second kappa shape index (κ2) is 7.93. The SMILES string of the molecule is [C-]#[N+]/C(C#N)=C\c1ccc(-c2cc3sc(-c4ccc(/C=C(\C#N)[N+]#[C-])o4)cc3n2C)o1. The number of fused-ring (bicyclic) bond motifs is 1. The number of nitrogens with zero attached hydrogens (tertiary/aromatic N) is 5. The smallest absolute Gasteiger partial charge is 0.265 e. The van der Waals surface area contributed by atoms with Crippen LogP contribution in [0.4, 0.5) is 0 Å². The molecule has 0 radical (unpaired) electrons. The quantitative estimate of drug-likeness (QED) is 0.285. The molecule has 8 heteroatoms. The monoisotopic (exact) mass is 421 g/mol. The fourth-order valence-electron chi connectivity index (χ4n) is 3.05. The lowest BCUT2D eigenvalue weighted by Crippen LogP contribution is -1.89.